The minimum Gasteiger partial charge on any atom is -0.354 e. The number of aryl methyl sites for hydroxylation is 2. The summed E-state index contributed by atoms with van der Waals surface area (Å²) < 4.78 is 29.8. The summed E-state index contributed by atoms with van der Waals surface area (Å²) in [6.07, 6.45) is 0. The van der Waals surface area contributed by atoms with E-state index in [4.69, 9.17) is 0 Å². The van der Waals surface area contributed by atoms with Crippen LogP contribution >= 0.6 is 15.9 Å². The van der Waals surface area contributed by atoms with Crippen molar-refractivity contribution < 1.29 is 18.0 Å². The number of nitrogens with one attached hydrogen (secondary N) is 1. The highest BCUT2D eigenvalue weighted by molar-refractivity contribution is 9.10. The van der Waals surface area contributed by atoms with Crippen LogP contribution in [0.25, 0.3) is 0 Å². The van der Waals surface area contributed by atoms with Crippen molar-refractivity contribution in [3.8, 4) is 0 Å². The van der Waals surface area contributed by atoms with Gasteiger partial charge in [-0.25, -0.2) is 8.42 Å². The van der Waals surface area contributed by atoms with E-state index >= 15 is 0 Å². The minimum absolute atomic E-state index is 0.0883. The van der Waals surface area contributed by atoms with E-state index in [1.807, 2.05) is 51.1 Å². The maximum Gasteiger partial charge on any atom is 0.264 e. The Balaban J connectivity index is 2.02. The Kier molecular flexibility index (Phi) is 10.3. The zero-order chi connectivity index (χ0) is 28.7. The number of para-hydroxylation sites is 1. The first-order valence-electron chi connectivity index (χ1n) is 12.9. The van der Waals surface area contributed by atoms with E-state index in [1.165, 1.54) is 4.90 Å². The van der Waals surface area contributed by atoms with Gasteiger partial charge in [-0.15, -0.1) is 0 Å². The molecule has 208 valence electrons. The second-order valence-electron chi connectivity index (χ2n) is 10.1. The van der Waals surface area contributed by atoms with Gasteiger partial charge in [-0.2, -0.15) is 0 Å². The standard InChI is InChI=1S/C30H36BrN3O4S/c1-21(2)18-32-30(36)24(5)33(19-25-10-8-11-26(31)17-25)29(35)20-34(28-12-7-6-9-23(28)4)39(37,38)27-15-13-22(3)14-16-27/h6-17,21,24H,18-20H2,1-5H3,(H,32,36)/t24-/m1/s1. The predicted molar refractivity (Wildman–Crippen MR) is 159 cm³/mol. The third-order valence-electron chi connectivity index (χ3n) is 6.37. The molecule has 0 spiro atoms. The highest BCUT2D eigenvalue weighted by Gasteiger charge is 2.33. The van der Waals surface area contributed by atoms with Crippen LogP contribution in [-0.4, -0.2) is 44.3 Å². The van der Waals surface area contributed by atoms with Gasteiger partial charge < -0.3 is 10.2 Å². The zero-order valence-electron chi connectivity index (χ0n) is 23.0. The monoisotopic (exact) mass is 613 g/mol. The maximum absolute atomic E-state index is 14.0. The average molecular weight is 615 g/mol. The van der Waals surface area contributed by atoms with E-state index in [-0.39, 0.29) is 23.3 Å². The first-order valence-corrected chi connectivity index (χ1v) is 15.1. The number of amides is 2. The number of hydrogen-bond donors (Lipinski definition) is 1. The van der Waals surface area contributed by atoms with Gasteiger partial charge in [0.2, 0.25) is 11.8 Å². The van der Waals surface area contributed by atoms with Crippen LogP contribution in [0.1, 0.15) is 37.5 Å². The molecule has 39 heavy (non-hydrogen) atoms. The summed E-state index contributed by atoms with van der Waals surface area (Å²) in [5.41, 5.74) is 2.85. The second kappa shape index (κ2) is 13.3. The van der Waals surface area contributed by atoms with E-state index in [2.05, 4.69) is 21.2 Å². The molecule has 3 rings (SSSR count). The molecule has 1 atom stereocenters. The lowest BCUT2D eigenvalue weighted by atomic mass is 10.1. The van der Waals surface area contributed by atoms with Crippen LogP contribution in [0.4, 0.5) is 5.69 Å². The fraction of sp³-hybridized carbons (Fsp3) is 0.333. The number of sulfonamides is 1. The second-order valence-corrected chi connectivity index (χ2v) is 12.9. The van der Waals surface area contributed by atoms with Gasteiger partial charge in [0.15, 0.2) is 0 Å². The quantitative estimate of drug-likeness (QED) is 0.311. The Morgan fingerprint density at radius 3 is 2.21 bits per heavy atom. The molecule has 0 heterocycles. The predicted octanol–water partition coefficient (Wildman–Crippen LogP) is 5.45. The highest BCUT2D eigenvalue weighted by atomic mass is 79.9. The molecular weight excluding hydrogens is 578 g/mol. The zero-order valence-corrected chi connectivity index (χ0v) is 25.4. The summed E-state index contributed by atoms with van der Waals surface area (Å²) in [7, 11) is -4.09. The number of halogens is 1. The molecule has 0 fully saturated rings. The van der Waals surface area contributed by atoms with Crippen molar-refractivity contribution in [3.63, 3.8) is 0 Å². The minimum atomic E-state index is -4.09. The number of hydrogen-bond acceptors (Lipinski definition) is 4. The first-order chi connectivity index (χ1) is 18.4. The normalized spacial score (nSPS) is 12.2. The third kappa shape index (κ3) is 7.92. The Bertz CT molecular complexity index is 1410. The first kappa shape index (κ1) is 30.4. The molecule has 0 saturated carbocycles. The van der Waals surface area contributed by atoms with E-state index in [0.717, 1.165) is 19.9 Å². The fourth-order valence-electron chi connectivity index (χ4n) is 4.06. The smallest absolute Gasteiger partial charge is 0.264 e. The largest absolute Gasteiger partial charge is 0.354 e. The lowest BCUT2D eigenvalue weighted by molar-refractivity contribution is -0.139. The molecule has 0 saturated heterocycles. The molecule has 3 aromatic carbocycles. The van der Waals surface area contributed by atoms with E-state index in [1.54, 1.807) is 56.3 Å². The van der Waals surface area contributed by atoms with Crippen molar-refractivity contribution in [2.45, 2.75) is 52.1 Å². The average Bonchev–Trinajstić information content (AvgIpc) is 2.89. The molecule has 0 aliphatic carbocycles. The van der Waals surface area contributed by atoms with Crippen LogP contribution in [0.2, 0.25) is 0 Å². The topological polar surface area (TPSA) is 86.8 Å². The number of nitrogens with zero attached hydrogens (tertiary/aromatic N) is 2. The van der Waals surface area contributed by atoms with Gasteiger partial charge in [0.05, 0.1) is 10.6 Å². The van der Waals surface area contributed by atoms with E-state index in [9.17, 15) is 18.0 Å². The Labute approximate surface area is 240 Å². The molecule has 1 N–H and O–H groups in total. The molecular formula is C30H36BrN3O4S. The Hall–Kier alpha value is -3.17. The summed E-state index contributed by atoms with van der Waals surface area (Å²) in [6, 6.07) is 20.2. The summed E-state index contributed by atoms with van der Waals surface area (Å²) in [6.45, 7) is 9.48. The lowest BCUT2D eigenvalue weighted by Gasteiger charge is -2.32. The number of benzene rings is 3. The SMILES string of the molecule is Cc1ccc(S(=O)(=O)N(CC(=O)N(Cc2cccc(Br)c2)[C@H](C)C(=O)NCC(C)C)c2ccccc2C)cc1. The van der Waals surface area contributed by atoms with Crippen molar-refractivity contribution in [1.82, 2.24) is 10.2 Å². The van der Waals surface area contributed by atoms with Crippen LogP contribution < -0.4 is 9.62 Å². The Morgan fingerprint density at radius 2 is 1.59 bits per heavy atom. The van der Waals surface area contributed by atoms with Gasteiger partial charge in [-0.3, -0.25) is 13.9 Å². The van der Waals surface area contributed by atoms with Crippen LogP contribution in [0, 0.1) is 19.8 Å². The van der Waals surface area contributed by atoms with Gasteiger partial charge in [0, 0.05) is 17.6 Å². The number of anilines is 1. The molecule has 9 heteroatoms. The van der Waals surface area contributed by atoms with E-state index < -0.39 is 28.5 Å². The molecule has 0 aromatic heterocycles. The van der Waals surface area contributed by atoms with Crippen molar-refractivity contribution in [1.29, 1.82) is 0 Å². The van der Waals surface area contributed by atoms with Crippen molar-refractivity contribution >= 4 is 43.5 Å². The molecule has 7 nitrogen and oxygen atoms in total. The molecule has 2 amide bonds. The number of carbonyl (C=O) groups excluding carboxylic acids is 2. The van der Waals surface area contributed by atoms with Gasteiger partial charge in [-0.05, 0) is 68.1 Å². The molecule has 3 aromatic rings. The van der Waals surface area contributed by atoms with Gasteiger partial charge in [0.25, 0.3) is 10.0 Å². The highest BCUT2D eigenvalue weighted by Crippen LogP contribution is 2.27. The lowest BCUT2D eigenvalue weighted by Crippen LogP contribution is -2.51. The van der Waals surface area contributed by atoms with Crippen molar-refractivity contribution in [2.24, 2.45) is 5.92 Å². The van der Waals surface area contributed by atoms with Gasteiger partial charge >= 0.3 is 0 Å². The summed E-state index contributed by atoms with van der Waals surface area (Å²) >= 11 is 3.46. The van der Waals surface area contributed by atoms with Crippen LogP contribution in [0.15, 0.2) is 82.2 Å². The summed E-state index contributed by atoms with van der Waals surface area (Å²) in [5.74, 6) is -0.538. The third-order valence-corrected chi connectivity index (χ3v) is 8.63. The fourth-order valence-corrected chi connectivity index (χ4v) is 5.99. The molecule has 0 unspecified atom stereocenters. The van der Waals surface area contributed by atoms with E-state index in [0.29, 0.717) is 17.8 Å². The molecule has 0 aliphatic heterocycles. The van der Waals surface area contributed by atoms with Crippen LogP contribution in [-0.2, 0) is 26.2 Å². The Morgan fingerprint density at radius 1 is 0.923 bits per heavy atom. The summed E-state index contributed by atoms with van der Waals surface area (Å²) in [5, 5.41) is 2.90. The van der Waals surface area contributed by atoms with Crippen molar-refractivity contribution in [2.75, 3.05) is 17.4 Å². The maximum atomic E-state index is 14.0. The molecule has 0 radical (unpaired) electrons. The van der Waals surface area contributed by atoms with Gasteiger partial charge in [-0.1, -0.05) is 77.8 Å². The molecule has 0 aliphatic rings. The number of carbonyl (C=O) groups is 2. The summed E-state index contributed by atoms with van der Waals surface area (Å²) in [4.78, 5) is 28.6. The van der Waals surface area contributed by atoms with Crippen molar-refractivity contribution in [3.05, 3.63) is 94.0 Å². The van der Waals surface area contributed by atoms with Gasteiger partial charge in [0.1, 0.15) is 12.6 Å². The van der Waals surface area contributed by atoms with Crippen LogP contribution in [0.5, 0.6) is 0 Å². The molecule has 0 bridgehead atoms. The van der Waals surface area contributed by atoms with Crippen LogP contribution in [0.3, 0.4) is 0 Å². The number of rotatable bonds is 11.